The molecular formula is C32H36O9Si2. The van der Waals surface area contributed by atoms with E-state index in [0.29, 0.717) is 46.0 Å². The van der Waals surface area contributed by atoms with Gasteiger partial charge in [-0.1, -0.05) is 24.3 Å². The molecule has 0 aliphatic rings. The molecule has 0 saturated heterocycles. The van der Waals surface area contributed by atoms with Crippen LogP contribution in [0, 0.1) is 0 Å². The average molecular weight is 621 g/mol. The van der Waals surface area contributed by atoms with Gasteiger partial charge in [0, 0.05) is 45.0 Å². The molecule has 9 nitrogen and oxygen atoms in total. The number of methoxy groups -OCH3 is 8. The number of benzene rings is 4. The highest BCUT2D eigenvalue weighted by atomic mass is 28.4. The molecular weight excluding hydrogens is 585 g/mol. The van der Waals surface area contributed by atoms with Crippen molar-refractivity contribution in [2.45, 2.75) is 0 Å². The summed E-state index contributed by atoms with van der Waals surface area (Å²) in [6, 6.07) is 22.9. The SMILES string of the molecule is COc1ccc([Si](O[Si](c2ccc(OC)cc2OC)c2ccc(OC)cc2OC)c2ccc(OC)cc2OC)c(OC)c1. The summed E-state index contributed by atoms with van der Waals surface area (Å²) in [4.78, 5) is 0. The molecule has 0 saturated carbocycles. The van der Waals surface area contributed by atoms with E-state index in [1.165, 1.54) is 0 Å². The number of ether oxygens (including phenoxy) is 8. The van der Waals surface area contributed by atoms with Gasteiger partial charge in [0.15, 0.2) is 0 Å². The van der Waals surface area contributed by atoms with Crippen molar-refractivity contribution in [3.05, 3.63) is 72.8 Å². The summed E-state index contributed by atoms with van der Waals surface area (Å²) in [6.45, 7) is 0. The van der Waals surface area contributed by atoms with Crippen molar-refractivity contribution in [2.24, 2.45) is 0 Å². The van der Waals surface area contributed by atoms with Crippen molar-refractivity contribution in [1.29, 1.82) is 0 Å². The molecule has 226 valence electrons. The van der Waals surface area contributed by atoms with Crippen LogP contribution in [0.15, 0.2) is 72.8 Å². The highest BCUT2D eigenvalue weighted by molar-refractivity contribution is 6.93. The van der Waals surface area contributed by atoms with Crippen LogP contribution < -0.4 is 58.6 Å². The molecule has 0 unspecified atom stereocenters. The molecule has 0 spiro atoms. The molecule has 4 aromatic rings. The Morgan fingerprint density at radius 2 is 0.558 bits per heavy atom. The van der Waals surface area contributed by atoms with Gasteiger partial charge in [-0.25, -0.2) is 0 Å². The smallest absolute Gasteiger partial charge is 0.280 e. The highest BCUT2D eigenvalue weighted by Crippen LogP contribution is 2.25. The molecule has 43 heavy (non-hydrogen) atoms. The molecule has 0 amide bonds. The van der Waals surface area contributed by atoms with Crippen molar-refractivity contribution in [2.75, 3.05) is 56.9 Å². The summed E-state index contributed by atoms with van der Waals surface area (Å²) in [5.41, 5.74) is 0. The second-order valence-corrected chi connectivity index (χ2v) is 13.3. The molecule has 2 radical (unpaired) electrons. The Morgan fingerprint density at radius 3 is 0.744 bits per heavy atom. The molecule has 0 heterocycles. The van der Waals surface area contributed by atoms with Crippen LogP contribution in [0.4, 0.5) is 0 Å². The lowest BCUT2D eigenvalue weighted by Gasteiger charge is -2.27. The second-order valence-electron chi connectivity index (χ2n) is 9.03. The minimum absolute atomic E-state index is 0.635. The largest absolute Gasteiger partial charge is 0.497 e. The van der Waals surface area contributed by atoms with E-state index in [0.717, 1.165) is 20.7 Å². The van der Waals surface area contributed by atoms with Crippen molar-refractivity contribution >= 4 is 38.8 Å². The molecule has 0 fully saturated rings. The predicted octanol–water partition coefficient (Wildman–Crippen LogP) is 2.68. The van der Waals surface area contributed by atoms with E-state index in [1.807, 2.05) is 72.8 Å². The van der Waals surface area contributed by atoms with Crippen LogP contribution in [0.5, 0.6) is 46.0 Å². The maximum absolute atomic E-state index is 7.38. The van der Waals surface area contributed by atoms with E-state index in [1.54, 1.807) is 56.9 Å². The lowest BCUT2D eigenvalue weighted by Crippen LogP contribution is -2.56. The molecule has 0 aliphatic heterocycles. The van der Waals surface area contributed by atoms with Crippen LogP contribution in [0.3, 0.4) is 0 Å². The minimum Gasteiger partial charge on any atom is -0.497 e. The lowest BCUT2D eigenvalue weighted by molar-refractivity contribution is 0.394. The van der Waals surface area contributed by atoms with E-state index < -0.39 is 18.1 Å². The first-order valence-corrected chi connectivity index (χ1v) is 16.1. The number of hydrogen-bond acceptors (Lipinski definition) is 9. The van der Waals surface area contributed by atoms with E-state index in [2.05, 4.69) is 0 Å². The third-order valence-electron chi connectivity index (χ3n) is 6.82. The fourth-order valence-corrected chi connectivity index (χ4v) is 10.2. The topological polar surface area (TPSA) is 83.1 Å². The first kappa shape index (κ1) is 31.6. The van der Waals surface area contributed by atoms with Crippen LogP contribution in [-0.4, -0.2) is 75.0 Å². The minimum atomic E-state index is -2.09. The molecule has 0 aromatic heterocycles. The molecule has 11 heteroatoms. The fourth-order valence-electron chi connectivity index (χ4n) is 4.56. The van der Waals surface area contributed by atoms with Crippen LogP contribution >= 0.6 is 0 Å². The normalized spacial score (nSPS) is 10.8. The summed E-state index contributed by atoms with van der Waals surface area (Å²) < 4.78 is 52.9. The number of rotatable bonds is 14. The molecule has 4 rings (SSSR count). The van der Waals surface area contributed by atoms with E-state index in [9.17, 15) is 0 Å². The number of hydrogen-bond donors (Lipinski definition) is 0. The predicted molar refractivity (Wildman–Crippen MR) is 169 cm³/mol. The van der Waals surface area contributed by atoms with Crippen molar-refractivity contribution < 1.29 is 42.0 Å². The van der Waals surface area contributed by atoms with E-state index in [4.69, 9.17) is 42.0 Å². The zero-order valence-corrected chi connectivity index (χ0v) is 27.6. The molecule has 0 aliphatic carbocycles. The molecule has 0 bridgehead atoms. The van der Waals surface area contributed by atoms with Gasteiger partial charge in [-0.3, -0.25) is 0 Å². The van der Waals surface area contributed by atoms with Crippen molar-refractivity contribution in [1.82, 2.24) is 0 Å². The van der Waals surface area contributed by atoms with Gasteiger partial charge in [-0.05, 0) is 24.3 Å². The summed E-state index contributed by atoms with van der Waals surface area (Å²) in [7, 11) is 8.83. The Hall–Kier alpha value is -4.33. The molecule has 0 atom stereocenters. The Bertz CT molecular complexity index is 1310. The first-order valence-electron chi connectivity index (χ1n) is 13.3. The van der Waals surface area contributed by atoms with Crippen LogP contribution in [0.2, 0.25) is 0 Å². The zero-order valence-electron chi connectivity index (χ0n) is 25.6. The van der Waals surface area contributed by atoms with Crippen molar-refractivity contribution in [3.8, 4) is 46.0 Å². The third kappa shape index (κ3) is 6.85. The van der Waals surface area contributed by atoms with Crippen molar-refractivity contribution in [3.63, 3.8) is 0 Å². The monoisotopic (exact) mass is 620 g/mol. The third-order valence-corrected chi connectivity index (χ3v) is 12.1. The van der Waals surface area contributed by atoms with Gasteiger partial charge in [0.25, 0.3) is 18.1 Å². The van der Waals surface area contributed by atoms with Crippen LogP contribution in [-0.2, 0) is 4.12 Å². The van der Waals surface area contributed by atoms with Crippen LogP contribution in [0.1, 0.15) is 0 Å². The maximum atomic E-state index is 7.38. The fraction of sp³-hybridized carbons (Fsp3) is 0.250. The Labute approximate surface area is 256 Å². The van der Waals surface area contributed by atoms with E-state index >= 15 is 0 Å². The van der Waals surface area contributed by atoms with Gasteiger partial charge in [0.05, 0.1) is 56.9 Å². The van der Waals surface area contributed by atoms with Gasteiger partial charge in [-0.2, -0.15) is 0 Å². The van der Waals surface area contributed by atoms with E-state index in [-0.39, 0.29) is 0 Å². The van der Waals surface area contributed by atoms with Gasteiger partial charge in [0.2, 0.25) is 0 Å². The summed E-state index contributed by atoms with van der Waals surface area (Å²) in [5, 5.41) is 3.50. The Morgan fingerprint density at radius 1 is 0.326 bits per heavy atom. The lowest BCUT2D eigenvalue weighted by atomic mass is 10.3. The summed E-state index contributed by atoms with van der Waals surface area (Å²) in [5.74, 6) is 5.22. The molecule has 4 aromatic carbocycles. The maximum Gasteiger partial charge on any atom is 0.280 e. The summed E-state index contributed by atoms with van der Waals surface area (Å²) >= 11 is 0. The first-order chi connectivity index (χ1) is 20.9. The zero-order chi connectivity index (χ0) is 30.9. The van der Waals surface area contributed by atoms with Gasteiger partial charge >= 0.3 is 0 Å². The van der Waals surface area contributed by atoms with Gasteiger partial charge in [0.1, 0.15) is 46.0 Å². The quantitative estimate of drug-likeness (QED) is 0.198. The van der Waals surface area contributed by atoms with Gasteiger partial charge in [-0.15, -0.1) is 0 Å². The average Bonchev–Trinajstić information content (AvgIpc) is 3.07. The molecule has 0 N–H and O–H groups in total. The Kier molecular flexibility index (Phi) is 10.8. The summed E-state index contributed by atoms with van der Waals surface area (Å²) in [6.07, 6.45) is 0. The second kappa shape index (κ2) is 14.7. The van der Waals surface area contributed by atoms with Crippen LogP contribution in [0.25, 0.3) is 0 Å². The Balaban J connectivity index is 2.01. The highest BCUT2D eigenvalue weighted by Gasteiger charge is 2.35. The van der Waals surface area contributed by atoms with Gasteiger partial charge < -0.3 is 42.0 Å². The standard InChI is InChI=1S/C32H36O9Si2/c1-33-21-9-13-29(25(17-21)37-5)42(30-14-10-22(34-2)18-26(30)38-6)41-43(31-15-11-23(35-3)19-27(31)39-7)32-16-12-24(36-4)20-28(32)40-8/h9-20H,1-8H3.